The standard InChI is InChI=1S/C17H20N2O3/c1-10-8-12(17(20)21-4)9-11(2)16(10)22-14-7-5-6-13(19-3)15(14)18/h5-9,19H,18H2,1-4H3. The summed E-state index contributed by atoms with van der Waals surface area (Å²) in [5.74, 6) is 0.894. The molecule has 0 amide bonds. The third kappa shape index (κ3) is 2.98. The average Bonchev–Trinajstić information content (AvgIpc) is 2.51. The van der Waals surface area contributed by atoms with E-state index in [1.54, 1.807) is 19.2 Å². The number of esters is 1. The van der Waals surface area contributed by atoms with Gasteiger partial charge in [-0.3, -0.25) is 0 Å². The predicted octanol–water partition coefficient (Wildman–Crippen LogP) is 3.51. The lowest BCUT2D eigenvalue weighted by Crippen LogP contribution is -2.04. The van der Waals surface area contributed by atoms with Crippen molar-refractivity contribution in [1.29, 1.82) is 0 Å². The monoisotopic (exact) mass is 300 g/mol. The van der Waals surface area contributed by atoms with Crippen molar-refractivity contribution in [3.05, 3.63) is 47.0 Å². The topological polar surface area (TPSA) is 73.6 Å². The Hall–Kier alpha value is -2.69. The van der Waals surface area contributed by atoms with Crippen LogP contribution in [0.1, 0.15) is 21.5 Å². The number of aryl methyl sites for hydroxylation is 2. The Morgan fingerprint density at radius 1 is 1.18 bits per heavy atom. The van der Waals surface area contributed by atoms with Gasteiger partial charge in [0.25, 0.3) is 0 Å². The van der Waals surface area contributed by atoms with Crippen molar-refractivity contribution in [2.24, 2.45) is 0 Å². The predicted molar refractivity (Wildman–Crippen MR) is 87.7 cm³/mol. The first-order chi connectivity index (χ1) is 10.5. The molecule has 0 saturated carbocycles. The minimum Gasteiger partial charge on any atom is -0.465 e. The van der Waals surface area contributed by atoms with E-state index in [1.807, 2.05) is 32.0 Å². The van der Waals surface area contributed by atoms with E-state index in [0.717, 1.165) is 16.8 Å². The highest BCUT2D eigenvalue weighted by atomic mass is 16.5. The summed E-state index contributed by atoms with van der Waals surface area (Å²) >= 11 is 0. The zero-order valence-corrected chi connectivity index (χ0v) is 13.2. The number of methoxy groups -OCH3 is 1. The molecular formula is C17H20N2O3. The molecule has 3 N–H and O–H groups in total. The van der Waals surface area contributed by atoms with Gasteiger partial charge in [-0.05, 0) is 49.2 Å². The molecule has 0 saturated heterocycles. The third-order valence-corrected chi connectivity index (χ3v) is 3.43. The normalized spacial score (nSPS) is 10.2. The summed E-state index contributed by atoms with van der Waals surface area (Å²) in [7, 11) is 3.17. The zero-order valence-electron chi connectivity index (χ0n) is 13.2. The van der Waals surface area contributed by atoms with Crippen molar-refractivity contribution < 1.29 is 14.3 Å². The highest BCUT2D eigenvalue weighted by Gasteiger charge is 2.14. The number of anilines is 2. The molecule has 2 aromatic rings. The Kier molecular flexibility index (Phi) is 4.56. The van der Waals surface area contributed by atoms with Crippen LogP contribution in [0.15, 0.2) is 30.3 Å². The molecule has 2 rings (SSSR count). The van der Waals surface area contributed by atoms with Crippen molar-refractivity contribution in [3.8, 4) is 11.5 Å². The minimum atomic E-state index is -0.366. The van der Waals surface area contributed by atoms with Gasteiger partial charge in [0, 0.05) is 7.05 Å². The molecule has 22 heavy (non-hydrogen) atoms. The molecule has 0 aliphatic heterocycles. The van der Waals surface area contributed by atoms with Gasteiger partial charge >= 0.3 is 5.97 Å². The molecule has 5 nitrogen and oxygen atoms in total. The van der Waals surface area contributed by atoms with Gasteiger partial charge in [-0.1, -0.05) is 6.07 Å². The molecule has 0 heterocycles. The minimum absolute atomic E-state index is 0.366. The molecule has 0 aliphatic carbocycles. The largest absolute Gasteiger partial charge is 0.465 e. The summed E-state index contributed by atoms with van der Waals surface area (Å²) < 4.78 is 10.7. The second kappa shape index (κ2) is 6.39. The Morgan fingerprint density at radius 2 is 1.82 bits per heavy atom. The van der Waals surface area contributed by atoms with Crippen molar-refractivity contribution in [1.82, 2.24) is 0 Å². The number of carbonyl (C=O) groups excluding carboxylic acids is 1. The number of hydrogen-bond acceptors (Lipinski definition) is 5. The first-order valence-electron chi connectivity index (χ1n) is 6.91. The SMILES string of the molecule is CNc1cccc(Oc2c(C)cc(C(=O)OC)cc2C)c1N. The molecular weight excluding hydrogens is 280 g/mol. The van der Waals surface area contributed by atoms with Crippen LogP contribution in [-0.2, 0) is 4.74 Å². The molecule has 0 aromatic heterocycles. The molecule has 0 atom stereocenters. The second-order valence-corrected chi connectivity index (χ2v) is 5.00. The van der Waals surface area contributed by atoms with E-state index in [4.69, 9.17) is 15.2 Å². The Morgan fingerprint density at radius 3 is 2.36 bits per heavy atom. The fraction of sp³-hybridized carbons (Fsp3) is 0.235. The van der Waals surface area contributed by atoms with Crippen LogP contribution in [0.5, 0.6) is 11.5 Å². The first kappa shape index (κ1) is 15.7. The Bertz CT molecular complexity index is 688. The number of ether oxygens (including phenoxy) is 2. The smallest absolute Gasteiger partial charge is 0.337 e. The highest BCUT2D eigenvalue weighted by Crippen LogP contribution is 2.36. The van der Waals surface area contributed by atoms with Gasteiger partial charge < -0.3 is 20.5 Å². The van der Waals surface area contributed by atoms with Crippen LogP contribution in [0, 0.1) is 13.8 Å². The highest BCUT2D eigenvalue weighted by molar-refractivity contribution is 5.90. The van der Waals surface area contributed by atoms with E-state index in [0.29, 0.717) is 22.7 Å². The Balaban J connectivity index is 2.41. The van der Waals surface area contributed by atoms with Crippen molar-refractivity contribution in [2.75, 3.05) is 25.2 Å². The van der Waals surface area contributed by atoms with E-state index in [1.165, 1.54) is 7.11 Å². The number of carbonyl (C=O) groups is 1. The van der Waals surface area contributed by atoms with E-state index in [-0.39, 0.29) is 5.97 Å². The van der Waals surface area contributed by atoms with Crippen molar-refractivity contribution in [3.63, 3.8) is 0 Å². The summed E-state index contributed by atoms with van der Waals surface area (Å²) in [4.78, 5) is 11.6. The van der Waals surface area contributed by atoms with Gasteiger partial charge in [-0.25, -0.2) is 4.79 Å². The van der Waals surface area contributed by atoms with E-state index < -0.39 is 0 Å². The van der Waals surface area contributed by atoms with Gasteiger partial charge in [0.1, 0.15) is 5.75 Å². The summed E-state index contributed by atoms with van der Waals surface area (Å²) in [5, 5.41) is 3.02. The first-order valence-corrected chi connectivity index (χ1v) is 6.91. The van der Waals surface area contributed by atoms with Crippen LogP contribution in [0.3, 0.4) is 0 Å². The fourth-order valence-corrected chi connectivity index (χ4v) is 2.31. The molecule has 0 radical (unpaired) electrons. The molecule has 5 heteroatoms. The molecule has 2 aromatic carbocycles. The van der Waals surface area contributed by atoms with Crippen LogP contribution in [-0.4, -0.2) is 20.1 Å². The quantitative estimate of drug-likeness (QED) is 0.667. The number of benzene rings is 2. The lowest BCUT2D eigenvalue weighted by Gasteiger charge is -2.16. The summed E-state index contributed by atoms with van der Waals surface area (Å²) in [6.07, 6.45) is 0. The second-order valence-electron chi connectivity index (χ2n) is 5.00. The lowest BCUT2D eigenvalue weighted by atomic mass is 10.1. The van der Waals surface area contributed by atoms with Gasteiger partial charge in [-0.2, -0.15) is 0 Å². The maximum Gasteiger partial charge on any atom is 0.337 e. The molecule has 0 unspecified atom stereocenters. The van der Waals surface area contributed by atoms with Crippen molar-refractivity contribution in [2.45, 2.75) is 13.8 Å². The number of nitrogens with one attached hydrogen (secondary N) is 1. The summed E-state index contributed by atoms with van der Waals surface area (Å²) in [6.45, 7) is 3.76. The maximum absolute atomic E-state index is 11.6. The molecule has 0 aliphatic rings. The van der Waals surface area contributed by atoms with Gasteiger partial charge in [0.2, 0.25) is 0 Å². The van der Waals surface area contributed by atoms with Crippen molar-refractivity contribution >= 4 is 17.3 Å². The summed E-state index contributed by atoms with van der Waals surface area (Å²) in [5.41, 5.74) is 9.61. The van der Waals surface area contributed by atoms with Gasteiger partial charge in [-0.15, -0.1) is 0 Å². The number of para-hydroxylation sites is 1. The number of rotatable bonds is 4. The summed E-state index contributed by atoms with van der Waals surface area (Å²) in [6, 6.07) is 9.04. The average molecular weight is 300 g/mol. The molecule has 116 valence electrons. The molecule has 0 bridgehead atoms. The number of nitrogens with two attached hydrogens (primary N) is 1. The van der Waals surface area contributed by atoms with Crippen LogP contribution in [0.2, 0.25) is 0 Å². The van der Waals surface area contributed by atoms with Crippen LogP contribution in [0.25, 0.3) is 0 Å². The van der Waals surface area contributed by atoms with Gasteiger partial charge in [0.15, 0.2) is 5.75 Å². The van der Waals surface area contributed by atoms with Crippen LogP contribution >= 0.6 is 0 Å². The zero-order chi connectivity index (χ0) is 16.3. The maximum atomic E-state index is 11.6. The van der Waals surface area contributed by atoms with E-state index in [2.05, 4.69) is 5.32 Å². The Labute approximate surface area is 130 Å². The lowest BCUT2D eigenvalue weighted by molar-refractivity contribution is 0.0600. The molecule has 0 spiro atoms. The molecule has 0 fully saturated rings. The van der Waals surface area contributed by atoms with Gasteiger partial charge in [0.05, 0.1) is 24.0 Å². The van der Waals surface area contributed by atoms with Crippen LogP contribution in [0.4, 0.5) is 11.4 Å². The number of nitrogen functional groups attached to an aromatic ring is 1. The van der Waals surface area contributed by atoms with Crippen LogP contribution < -0.4 is 15.8 Å². The fourth-order valence-electron chi connectivity index (χ4n) is 2.31. The van der Waals surface area contributed by atoms with E-state index in [9.17, 15) is 4.79 Å². The van der Waals surface area contributed by atoms with E-state index >= 15 is 0 Å². The number of hydrogen-bond donors (Lipinski definition) is 2. The third-order valence-electron chi connectivity index (χ3n) is 3.43.